The van der Waals surface area contributed by atoms with Gasteiger partial charge in [-0.25, -0.2) is 5.01 Å². The molecule has 1 aliphatic rings. The summed E-state index contributed by atoms with van der Waals surface area (Å²) in [6, 6.07) is 11.5. The van der Waals surface area contributed by atoms with Gasteiger partial charge in [-0.1, -0.05) is 36.4 Å². The summed E-state index contributed by atoms with van der Waals surface area (Å²) in [7, 11) is 1.77. The van der Waals surface area contributed by atoms with Gasteiger partial charge in [0.2, 0.25) is 0 Å². The first-order chi connectivity index (χ1) is 12.0. The summed E-state index contributed by atoms with van der Waals surface area (Å²) in [6.07, 6.45) is 3.87. The van der Waals surface area contributed by atoms with Gasteiger partial charge in [-0.15, -0.1) is 11.8 Å². The van der Waals surface area contributed by atoms with E-state index in [0.29, 0.717) is 11.4 Å². The summed E-state index contributed by atoms with van der Waals surface area (Å²) in [5.41, 5.74) is 4.22. The lowest BCUT2D eigenvalue weighted by Crippen LogP contribution is -2.47. The van der Waals surface area contributed by atoms with E-state index in [1.165, 1.54) is 16.8 Å². The van der Waals surface area contributed by atoms with Gasteiger partial charge in [0.15, 0.2) is 0 Å². The van der Waals surface area contributed by atoms with Crippen molar-refractivity contribution in [2.75, 3.05) is 5.75 Å². The van der Waals surface area contributed by atoms with Crippen molar-refractivity contribution in [1.82, 2.24) is 15.0 Å². The molecule has 8 heteroatoms. The number of benzene rings is 1. The van der Waals surface area contributed by atoms with E-state index in [9.17, 15) is 9.59 Å². The molecule has 25 heavy (non-hydrogen) atoms. The van der Waals surface area contributed by atoms with Crippen LogP contribution >= 0.6 is 43.6 Å². The summed E-state index contributed by atoms with van der Waals surface area (Å²) in [5.74, 6) is -0.110. The van der Waals surface area contributed by atoms with Gasteiger partial charge in [-0.2, -0.15) is 0 Å². The molecule has 0 saturated carbocycles. The SMILES string of the molecule is Cn1c(C(=O)NN2C(=O)CSC2/C=C/c2ccccc2)cc(Br)c1Br. The Balaban J connectivity index is 1.75. The van der Waals surface area contributed by atoms with Crippen molar-refractivity contribution in [2.24, 2.45) is 7.05 Å². The van der Waals surface area contributed by atoms with E-state index < -0.39 is 0 Å². The molecule has 1 fully saturated rings. The highest BCUT2D eigenvalue weighted by Gasteiger charge is 2.32. The van der Waals surface area contributed by atoms with Crippen LogP contribution in [-0.4, -0.2) is 32.5 Å². The Morgan fingerprint density at radius 3 is 2.68 bits per heavy atom. The molecule has 1 unspecified atom stereocenters. The third-order valence-electron chi connectivity index (χ3n) is 3.72. The Kier molecular flexibility index (Phi) is 5.71. The molecule has 1 aromatic heterocycles. The third-order valence-corrected chi connectivity index (χ3v) is 6.94. The van der Waals surface area contributed by atoms with Crippen LogP contribution in [0, 0.1) is 0 Å². The van der Waals surface area contributed by atoms with E-state index >= 15 is 0 Å². The van der Waals surface area contributed by atoms with Gasteiger partial charge in [0.05, 0.1) is 14.8 Å². The van der Waals surface area contributed by atoms with Crippen LogP contribution in [0.5, 0.6) is 0 Å². The van der Waals surface area contributed by atoms with Crippen molar-refractivity contribution in [1.29, 1.82) is 0 Å². The van der Waals surface area contributed by atoms with Crippen molar-refractivity contribution >= 4 is 61.5 Å². The zero-order chi connectivity index (χ0) is 18.0. The van der Waals surface area contributed by atoms with Crippen molar-refractivity contribution in [3.8, 4) is 0 Å². The van der Waals surface area contributed by atoms with Crippen LogP contribution < -0.4 is 5.43 Å². The van der Waals surface area contributed by atoms with Gasteiger partial charge >= 0.3 is 0 Å². The molecule has 130 valence electrons. The van der Waals surface area contributed by atoms with Crippen molar-refractivity contribution < 1.29 is 9.59 Å². The van der Waals surface area contributed by atoms with Crippen LogP contribution in [0.25, 0.3) is 6.08 Å². The Labute approximate surface area is 166 Å². The summed E-state index contributed by atoms with van der Waals surface area (Å²) in [6.45, 7) is 0. The molecule has 1 atom stereocenters. The van der Waals surface area contributed by atoms with Crippen LogP contribution in [0.2, 0.25) is 0 Å². The van der Waals surface area contributed by atoms with Gasteiger partial charge in [-0.3, -0.25) is 15.0 Å². The molecule has 0 aliphatic carbocycles. The predicted molar refractivity (Wildman–Crippen MR) is 107 cm³/mol. The Morgan fingerprint density at radius 2 is 2.04 bits per heavy atom. The van der Waals surface area contributed by atoms with Crippen LogP contribution in [0.15, 0.2) is 51.6 Å². The number of amides is 2. The van der Waals surface area contributed by atoms with Gasteiger partial charge in [0, 0.05) is 7.05 Å². The largest absolute Gasteiger partial charge is 0.333 e. The topological polar surface area (TPSA) is 54.3 Å². The van der Waals surface area contributed by atoms with Crippen molar-refractivity contribution in [3.05, 3.63) is 62.8 Å². The molecule has 5 nitrogen and oxygen atoms in total. The fourth-order valence-corrected chi connectivity index (χ4v) is 4.14. The Hall–Kier alpha value is -1.51. The molecule has 1 aliphatic heterocycles. The first-order valence-electron chi connectivity index (χ1n) is 7.46. The molecule has 3 rings (SSSR count). The number of hydrogen-bond donors (Lipinski definition) is 1. The lowest BCUT2D eigenvalue weighted by atomic mass is 10.2. The molecule has 1 N–H and O–H groups in total. The summed E-state index contributed by atoms with van der Waals surface area (Å²) < 4.78 is 3.25. The fraction of sp³-hybridized carbons (Fsp3) is 0.176. The Morgan fingerprint density at radius 1 is 1.32 bits per heavy atom. The number of nitrogens with zero attached hydrogens (tertiary/aromatic N) is 2. The van der Waals surface area contributed by atoms with E-state index in [4.69, 9.17) is 0 Å². The van der Waals surface area contributed by atoms with Gasteiger partial charge in [-0.05, 0) is 49.6 Å². The van der Waals surface area contributed by atoms with E-state index in [2.05, 4.69) is 37.3 Å². The minimum Gasteiger partial charge on any atom is -0.333 e. The standard InChI is InChI=1S/C17H15Br2N3O2S/c1-21-13(9-12(18)16(21)19)17(24)20-22-14(23)10-25-15(22)8-7-11-5-3-2-4-6-11/h2-9,15H,10H2,1H3,(H,20,24)/b8-7+. The van der Waals surface area contributed by atoms with E-state index in [-0.39, 0.29) is 17.2 Å². The highest BCUT2D eigenvalue weighted by Crippen LogP contribution is 2.28. The van der Waals surface area contributed by atoms with Crippen LogP contribution in [-0.2, 0) is 11.8 Å². The van der Waals surface area contributed by atoms with Crippen molar-refractivity contribution in [2.45, 2.75) is 5.37 Å². The summed E-state index contributed by atoms with van der Waals surface area (Å²) in [4.78, 5) is 24.7. The maximum atomic E-state index is 12.6. The lowest BCUT2D eigenvalue weighted by molar-refractivity contribution is -0.129. The molecular formula is C17H15Br2N3O2S. The number of nitrogens with one attached hydrogen (secondary N) is 1. The van der Waals surface area contributed by atoms with Gasteiger partial charge in [0.25, 0.3) is 11.8 Å². The second-order valence-corrected chi connectivity index (χ2v) is 8.11. The van der Waals surface area contributed by atoms with Crippen LogP contribution in [0.4, 0.5) is 0 Å². The molecular weight excluding hydrogens is 470 g/mol. The van der Waals surface area contributed by atoms with Gasteiger partial charge in [0.1, 0.15) is 11.1 Å². The van der Waals surface area contributed by atoms with E-state index in [1.54, 1.807) is 17.7 Å². The zero-order valence-electron chi connectivity index (χ0n) is 13.3. The number of thioether (sulfide) groups is 1. The second-order valence-electron chi connectivity index (χ2n) is 5.40. The Bertz CT molecular complexity index is 836. The molecule has 1 aromatic carbocycles. The zero-order valence-corrected chi connectivity index (χ0v) is 17.3. The smallest absolute Gasteiger partial charge is 0.286 e. The molecule has 0 bridgehead atoms. The third kappa shape index (κ3) is 4.02. The number of carbonyl (C=O) groups excluding carboxylic acids is 2. The quantitative estimate of drug-likeness (QED) is 0.717. The number of carbonyl (C=O) groups is 2. The minimum atomic E-state index is -0.331. The monoisotopic (exact) mass is 483 g/mol. The van der Waals surface area contributed by atoms with Crippen molar-refractivity contribution in [3.63, 3.8) is 0 Å². The number of halogens is 2. The number of hydrazine groups is 1. The molecule has 0 radical (unpaired) electrons. The number of hydrogen-bond acceptors (Lipinski definition) is 3. The normalized spacial score (nSPS) is 17.5. The molecule has 2 heterocycles. The fourth-order valence-electron chi connectivity index (χ4n) is 2.39. The number of rotatable bonds is 4. The van der Waals surface area contributed by atoms with Gasteiger partial charge < -0.3 is 4.57 Å². The van der Waals surface area contributed by atoms with E-state index in [0.717, 1.165) is 14.6 Å². The number of aromatic nitrogens is 1. The maximum Gasteiger partial charge on any atom is 0.286 e. The lowest BCUT2D eigenvalue weighted by Gasteiger charge is -2.22. The molecule has 2 amide bonds. The minimum absolute atomic E-state index is 0.117. The van der Waals surface area contributed by atoms with E-state index in [1.807, 2.05) is 42.5 Å². The summed E-state index contributed by atoms with van der Waals surface area (Å²) in [5, 5.41) is 1.16. The molecule has 2 aromatic rings. The highest BCUT2D eigenvalue weighted by molar-refractivity contribution is 9.13. The molecule has 1 saturated heterocycles. The second kappa shape index (κ2) is 7.80. The summed E-state index contributed by atoms with van der Waals surface area (Å²) >= 11 is 8.25. The average molecular weight is 485 g/mol. The average Bonchev–Trinajstić information content (AvgIpc) is 3.09. The van der Waals surface area contributed by atoms with Crippen LogP contribution in [0.1, 0.15) is 16.1 Å². The first kappa shape index (κ1) is 18.3. The predicted octanol–water partition coefficient (Wildman–Crippen LogP) is 3.81. The first-order valence-corrected chi connectivity index (χ1v) is 10.1. The van der Waals surface area contributed by atoms with Crippen LogP contribution in [0.3, 0.4) is 0 Å². The maximum absolute atomic E-state index is 12.6. The highest BCUT2D eigenvalue weighted by atomic mass is 79.9. The molecule has 0 spiro atoms.